The van der Waals surface area contributed by atoms with Crippen molar-refractivity contribution in [2.24, 2.45) is 11.8 Å². The first kappa shape index (κ1) is 28.8. The fraction of sp³-hybridized carbons (Fsp3) is 0.900. The Balaban J connectivity index is 2.17. The molecule has 0 aromatic rings. The molecule has 0 aliphatic carbocycles. The number of hydrogen-bond acceptors (Lipinski definition) is 12. The monoisotopic (exact) mass is 497 g/mol. The van der Waals surface area contributed by atoms with Crippen LogP contribution in [0.15, 0.2) is 0 Å². The van der Waals surface area contributed by atoms with E-state index in [1.165, 1.54) is 14.0 Å². The fourth-order valence-corrected chi connectivity index (χ4v) is 4.59. The van der Waals surface area contributed by atoms with Gasteiger partial charge in [0.1, 0.15) is 30.5 Å². The molecule has 0 radical (unpaired) electrons. The van der Waals surface area contributed by atoms with Gasteiger partial charge in [-0.3, -0.25) is 4.79 Å². The molecule has 10 atom stereocenters. The van der Waals surface area contributed by atoms with Gasteiger partial charge in [0.05, 0.1) is 38.6 Å². The van der Waals surface area contributed by atoms with E-state index in [4.69, 9.17) is 29.1 Å². The number of aliphatic carboxylic acids is 1. The predicted molar refractivity (Wildman–Crippen MR) is 110 cm³/mol. The second-order valence-corrected chi connectivity index (χ2v) is 8.40. The summed E-state index contributed by atoms with van der Waals surface area (Å²) in [4.78, 5) is 28.3. The average Bonchev–Trinajstić information content (AvgIpc) is 2.79. The molecule has 4 unspecified atom stereocenters. The Bertz CT molecular complexity index is 652. The van der Waals surface area contributed by atoms with Crippen molar-refractivity contribution in [2.45, 2.75) is 69.0 Å². The highest BCUT2D eigenvalue weighted by Gasteiger charge is 2.49. The summed E-state index contributed by atoms with van der Waals surface area (Å²) >= 11 is 0. The molecule has 198 valence electrons. The molecular weight excluding hydrogens is 462 g/mol. The van der Waals surface area contributed by atoms with Crippen LogP contribution in [-0.2, 0) is 38.5 Å². The molecule has 2 aliphatic rings. The van der Waals surface area contributed by atoms with Gasteiger partial charge in [-0.25, -0.2) is 10.1 Å². The molecule has 2 fully saturated rings. The van der Waals surface area contributed by atoms with Crippen LogP contribution in [-0.4, -0.2) is 120 Å². The third kappa shape index (κ3) is 6.81. The standard InChI is InChI=1S/C20H35NO13/c1-4-10-16(24)17(25)14(32-19(10)20(26)27)8-30-6-11-15(21-9(2)23)13(7-29-3)31-12(5-22)18(11)33-34-28/h10-19,22,24-25,28H,4-8H2,1-3H3,(H,21,23)(H,26,27)/t10-,11-,12?,13-,14-,15?,16+,17?,18+,19?/m0/s1. The third-order valence-corrected chi connectivity index (χ3v) is 6.22. The normalized spacial score (nSPS) is 38.4. The van der Waals surface area contributed by atoms with Crippen LogP contribution in [0.2, 0.25) is 0 Å². The molecule has 0 spiro atoms. The summed E-state index contributed by atoms with van der Waals surface area (Å²) in [5.74, 6) is -3.19. The Kier molecular flexibility index (Phi) is 11.5. The topological polar surface area (TPSA) is 203 Å². The minimum absolute atomic E-state index is 0.0555. The SMILES string of the molecule is CC[C@@H]1C(C(=O)O)O[C@@H](COC[C@H]2C(NC(C)=O)[C@H](COC)OC(CO)[C@@H]2OOO)C(O)[C@@H]1O. The van der Waals surface area contributed by atoms with Crippen molar-refractivity contribution in [1.82, 2.24) is 5.32 Å². The van der Waals surface area contributed by atoms with Crippen molar-refractivity contribution in [3.63, 3.8) is 0 Å². The van der Waals surface area contributed by atoms with E-state index in [1.54, 1.807) is 6.92 Å². The van der Waals surface area contributed by atoms with Gasteiger partial charge in [0.15, 0.2) is 6.10 Å². The average molecular weight is 497 g/mol. The van der Waals surface area contributed by atoms with Crippen molar-refractivity contribution in [3.8, 4) is 0 Å². The van der Waals surface area contributed by atoms with E-state index in [9.17, 15) is 30.0 Å². The molecule has 6 N–H and O–H groups in total. The number of carboxylic acid groups (broad SMARTS) is 1. The van der Waals surface area contributed by atoms with E-state index >= 15 is 0 Å². The fourth-order valence-electron chi connectivity index (χ4n) is 4.59. The maximum absolute atomic E-state index is 11.8. The minimum atomic E-state index is -1.39. The summed E-state index contributed by atoms with van der Waals surface area (Å²) in [6.45, 7) is 2.06. The molecular formula is C20H35NO13. The second-order valence-electron chi connectivity index (χ2n) is 8.40. The van der Waals surface area contributed by atoms with Gasteiger partial charge in [0, 0.05) is 25.9 Å². The maximum atomic E-state index is 11.8. The Hall–Kier alpha value is -1.46. The first-order chi connectivity index (χ1) is 16.2. The van der Waals surface area contributed by atoms with E-state index < -0.39 is 79.1 Å². The van der Waals surface area contributed by atoms with Crippen molar-refractivity contribution in [2.75, 3.05) is 33.5 Å². The highest BCUT2D eigenvalue weighted by Crippen LogP contribution is 2.31. The van der Waals surface area contributed by atoms with Gasteiger partial charge < -0.3 is 44.7 Å². The van der Waals surface area contributed by atoms with Gasteiger partial charge in [0.25, 0.3) is 0 Å². The lowest BCUT2D eigenvalue weighted by atomic mass is 9.84. The quantitative estimate of drug-likeness (QED) is 0.127. The Morgan fingerprint density at radius 1 is 1.00 bits per heavy atom. The number of aliphatic hydroxyl groups excluding tert-OH is 3. The molecule has 0 bridgehead atoms. The summed E-state index contributed by atoms with van der Waals surface area (Å²) in [6, 6.07) is -0.751. The van der Waals surface area contributed by atoms with Crippen LogP contribution in [0.1, 0.15) is 20.3 Å². The van der Waals surface area contributed by atoms with Gasteiger partial charge in [-0.05, 0) is 6.42 Å². The predicted octanol–water partition coefficient (Wildman–Crippen LogP) is -2.08. The number of rotatable bonds is 12. The largest absolute Gasteiger partial charge is 0.479 e. The number of carbonyl (C=O) groups excluding carboxylic acids is 1. The zero-order valence-electron chi connectivity index (χ0n) is 19.3. The summed E-state index contributed by atoms with van der Waals surface area (Å²) in [5, 5.41) is 55.4. The lowest BCUT2D eigenvalue weighted by Gasteiger charge is -2.45. The zero-order valence-corrected chi connectivity index (χ0v) is 19.3. The van der Waals surface area contributed by atoms with Crippen LogP contribution < -0.4 is 5.32 Å². The molecule has 0 aromatic heterocycles. The molecule has 0 saturated carbocycles. The summed E-state index contributed by atoms with van der Waals surface area (Å²) in [5.41, 5.74) is 0. The van der Waals surface area contributed by atoms with Crippen LogP contribution in [0.3, 0.4) is 0 Å². The van der Waals surface area contributed by atoms with Gasteiger partial charge in [0.2, 0.25) is 5.91 Å². The van der Waals surface area contributed by atoms with E-state index in [1.807, 2.05) is 0 Å². The second kappa shape index (κ2) is 13.6. The number of carbonyl (C=O) groups is 2. The molecule has 2 heterocycles. The van der Waals surface area contributed by atoms with Crippen LogP contribution in [0, 0.1) is 11.8 Å². The Labute approximate surface area is 196 Å². The van der Waals surface area contributed by atoms with Gasteiger partial charge in [-0.2, -0.15) is 4.89 Å². The van der Waals surface area contributed by atoms with E-state index in [0.29, 0.717) is 0 Å². The molecule has 14 heteroatoms. The first-order valence-electron chi connectivity index (χ1n) is 11.0. The Morgan fingerprint density at radius 3 is 2.24 bits per heavy atom. The number of carboxylic acids is 1. The lowest BCUT2D eigenvalue weighted by Crippen LogP contribution is -2.64. The molecule has 2 aliphatic heterocycles. The summed E-state index contributed by atoms with van der Waals surface area (Å²) < 4.78 is 22.1. The third-order valence-electron chi connectivity index (χ3n) is 6.22. The number of methoxy groups -OCH3 is 1. The summed E-state index contributed by atoms with van der Waals surface area (Å²) in [6.07, 6.45) is -7.66. The minimum Gasteiger partial charge on any atom is -0.479 e. The highest BCUT2D eigenvalue weighted by molar-refractivity contribution is 5.73. The van der Waals surface area contributed by atoms with Crippen LogP contribution in [0.4, 0.5) is 0 Å². The zero-order chi connectivity index (χ0) is 25.4. The number of aliphatic hydroxyl groups is 3. The van der Waals surface area contributed by atoms with Crippen molar-refractivity contribution in [1.29, 1.82) is 0 Å². The van der Waals surface area contributed by atoms with Crippen molar-refractivity contribution in [3.05, 3.63) is 0 Å². The van der Waals surface area contributed by atoms with E-state index in [0.717, 1.165) is 0 Å². The van der Waals surface area contributed by atoms with Gasteiger partial charge >= 0.3 is 5.97 Å². The number of hydrogen-bond donors (Lipinski definition) is 6. The highest BCUT2D eigenvalue weighted by atomic mass is 17.5. The van der Waals surface area contributed by atoms with Crippen molar-refractivity contribution < 1.29 is 64.1 Å². The molecule has 2 rings (SSSR count). The van der Waals surface area contributed by atoms with Crippen LogP contribution in [0.5, 0.6) is 0 Å². The first-order valence-corrected chi connectivity index (χ1v) is 11.0. The van der Waals surface area contributed by atoms with Gasteiger partial charge in [-0.15, -0.1) is 0 Å². The molecule has 2 saturated heterocycles. The number of nitrogens with one attached hydrogen (secondary N) is 1. The lowest BCUT2D eigenvalue weighted by molar-refractivity contribution is -0.521. The molecule has 34 heavy (non-hydrogen) atoms. The molecule has 1 amide bonds. The van der Waals surface area contributed by atoms with Crippen LogP contribution in [0.25, 0.3) is 0 Å². The van der Waals surface area contributed by atoms with E-state index in [-0.39, 0.29) is 26.2 Å². The van der Waals surface area contributed by atoms with E-state index in [2.05, 4.69) is 10.4 Å². The van der Waals surface area contributed by atoms with Crippen molar-refractivity contribution >= 4 is 11.9 Å². The Morgan fingerprint density at radius 2 is 1.71 bits per heavy atom. The smallest absolute Gasteiger partial charge is 0.333 e. The number of amides is 1. The maximum Gasteiger partial charge on any atom is 0.333 e. The number of ether oxygens (including phenoxy) is 4. The van der Waals surface area contributed by atoms with Crippen LogP contribution >= 0.6 is 0 Å². The summed E-state index contributed by atoms with van der Waals surface area (Å²) in [7, 11) is 1.43. The molecule has 14 nitrogen and oxygen atoms in total. The van der Waals surface area contributed by atoms with Gasteiger partial charge in [-0.1, -0.05) is 12.0 Å². The molecule has 0 aromatic carbocycles.